The van der Waals surface area contributed by atoms with E-state index in [0.29, 0.717) is 12.4 Å². The van der Waals surface area contributed by atoms with Gasteiger partial charge in [-0.2, -0.15) is 0 Å². The average molecular weight is 210 g/mol. The predicted molar refractivity (Wildman–Crippen MR) is 61.6 cm³/mol. The lowest BCUT2D eigenvalue weighted by Gasteiger charge is -2.34. The zero-order valence-electron chi connectivity index (χ0n) is 10.4. The molecule has 0 aromatic carbocycles. The van der Waals surface area contributed by atoms with Crippen molar-refractivity contribution in [2.24, 2.45) is 5.41 Å². The molecule has 1 aliphatic carbocycles. The topological polar surface area (TPSA) is 26.3 Å². The van der Waals surface area contributed by atoms with Crippen LogP contribution in [0.5, 0.6) is 0 Å². The molecule has 0 aromatic heterocycles. The monoisotopic (exact) mass is 210 g/mol. The molecule has 2 nitrogen and oxygen atoms in total. The fraction of sp³-hybridized carbons (Fsp3) is 0.769. The van der Waals surface area contributed by atoms with Crippen molar-refractivity contribution in [3.63, 3.8) is 0 Å². The zero-order valence-corrected chi connectivity index (χ0v) is 10.4. The highest BCUT2D eigenvalue weighted by molar-refractivity contribution is 5.92. The lowest BCUT2D eigenvalue weighted by atomic mass is 9.72. The summed E-state index contributed by atoms with van der Waals surface area (Å²) in [6, 6.07) is 0. The maximum atomic E-state index is 11.5. The Balaban J connectivity index is 3.04. The quantitative estimate of drug-likeness (QED) is 0.526. The molecular formula is C13H22O2. The van der Waals surface area contributed by atoms with Crippen molar-refractivity contribution in [2.75, 3.05) is 6.61 Å². The van der Waals surface area contributed by atoms with Gasteiger partial charge in [-0.05, 0) is 37.2 Å². The standard InChI is InChI=1S/C13H22O2/c1-5-15-12(10(2)14)11-8-6-7-9-13(11,3)4/h5-9H2,1-4H3/b12-11+. The minimum Gasteiger partial charge on any atom is -0.490 e. The average Bonchev–Trinajstić information content (AvgIpc) is 2.14. The van der Waals surface area contributed by atoms with Crippen LogP contribution >= 0.6 is 0 Å². The van der Waals surface area contributed by atoms with Gasteiger partial charge >= 0.3 is 0 Å². The summed E-state index contributed by atoms with van der Waals surface area (Å²) in [6.07, 6.45) is 4.62. The van der Waals surface area contributed by atoms with Gasteiger partial charge in [0, 0.05) is 6.92 Å². The van der Waals surface area contributed by atoms with Gasteiger partial charge in [-0.1, -0.05) is 20.3 Å². The molecule has 2 heteroatoms. The van der Waals surface area contributed by atoms with E-state index < -0.39 is 0 Å². The zero-order chi connectivity index (χ0) is 11.5. The van der Waals surface area contributed by atoms with E-state index in [4.69, 9.17) is 4.74 Å². The summed E-state index contributed by atoms with van der Waals surface area (Å²) < 4.78 is 5.51. The molecule has 0 aliphatic heterocycles. The Labute approximate surface area is 92.7 Å². The highest BCUT2D eigenvalue weighted by Gasteiger charge is 2.31. The van der Waals surface area contributed by atoms with E-state index in [9.17, 15) is 4.79 Å². The highest BCUT2D eigenvalue weighted by atomic mass is 16.5. The summed E-state index contributed by atoms with van der Waals surface area (Å²) >= 11 is 0. The third-order valence-electron chi connectivity index (χ3n) is 3.18. The van der Waals surface area contributed by atoms with E-state index in [1.54, 1.807) is 6.92 Å². The molecule has 15 heavy (non-hydrogen) atoms. The summed E-state index contributed by atoms with van der Waals surface area (Å²) in [4.78, 5) is 11.5. The first-order valence-corrected chi connectivity index (χ1v) is 5.86. The Kier molecular flexibility index (Phi) is 3.95. The van der Waals surface area contributed by atoms with Crippen LogP contribution in [0.4, 0.5) is 0 Å². The molecule has 0 N–H and O–H groups in total. The molecular weight excluding hydrogens is 188 g/mol. The summed E-state index contributed by atoms with van der Waals surface area (Å²) in [5.74, 6) is 0.698. The van der Waals surface area contributed by atoms with Crippen LogP contribution in [0.3, 0.4) is 0 Å². The molecule has 1 rings (SSSR count). The summed E-state index contributed by atoms with van der Waals surface area (Å²) in [7, 11) is 0. The van der Waals surface area contributed by atoms with Crippen LogP contribution in [0.15, 0.2) is 11.3 Å². The molecule has 0 atom stereocenters. The number of allylic oxidation sites excluding steroid dienone is 2. The SMILES string of the molecule is CCO/C(C(C)=O)=C1\CCCCC1(C)C. The maximum Gasteiger partial charge on any atom is 0.194 e. The molecule has 0 radical (unpaired) electrons. The Morgan fingerprint density at radius 2 is 2.07 bits per heavy atom. The van der Waals surface area contributed by atoms with Crippen molar-refractivity contribution in [1.29, 1.82) is 0 Å². The normalized spacial score (nSPS) is 23.5. The second-order valence-corrected chi connectivity index (χ2v) is 4.89. The van der Waals surface area contributed by atoms with E-state index in [2.05, 4.69) is 13.8 Å². The molecule has 1 aliphatic rings. The number of rotatable bonds is 3. The molecule has 1 fully saturated rings. The van der Waals surface area contributed by atoms with E-state index >= 15 is 0 Å². The third kappa shape index (κ3) is 2.83. The molecule has 0 amide bonds. The molecule has 0 bridgehead atoms. The van der Waals surface area contributed by atoms with Crippen molar-refractivity contribution in [1.82, 2.24) is 0 Å². The van der Waals surface area contributed by atoms with Crippen LogP contribution in [0.25, 0.3) is 0 Å². The van der Waals surface area contributed by atoms with Crippen molar-refractivity contribution in [3.8, 4) is 0 Å². The summed E-state index contributed by atoms with van der Waals surface area (Å²) in [6.45, 7) is 8.53. The maximum absolute atomic E-state index is 11.5. The minimum absolute atomic E-state index is 0.0711. The van der Waals surface area contributed by atoms with Crippen LogP contribution in [-0.2, 0) is 9.53 Å². The fourth-order valence-corrected chi connectivity index (χ4v) is 2.32. The molecule has 86 valence electrons. The van der Waals surface area contributed by atoms with Gasteiger partial charge in [-0.3, -0.25) is 4.79 Å². The predicted octanol–water partition coefficient (Wildman–Crippen LogP) is 3.47. The molecule has 0 heterocycles. The van der Waals surface area contributed by atoms with Gasteiger partial charge in [0.25, 0.3) is 0 Å². The summed E-state index contributed by atoms with van der Waals surface area (Å²) in [5, 5.41) is 0. The van der Waals surface area contributed by atoms with Crippen LogP contribution in [0, 0.1) is 5.41 Å². The molecule has 0 spiro atoms. The number of hydrogen-bond donors (Lipinski definition) is 0. The fourth-order valence-electron chi connectivity index (χ4n) is 2.32. The number of carbonyl (C=O) groups is 1. The van der Waals surface area contributed by atoms with Gasteiger partial charge in [-0.15, -0.1) is 0 Å². The van der Waals surface area contributed by atoms with Crippen LogP contribution in [0.2, 0.25) is 0 Å². The lowest BCUT2D eigenvalue weighted by molar-refractivity contribution is -0.117. The van der Waals surface area contributed by atoms with Crippen molar-refractivity contribution < 1.29 is 9.53 Å². The van der Waals surface area contributed by atoms with Crippen LogP contribution in [-0.4, -0.2) is 12.4 Å². The molecule has 1 saturated carbocycles. The van der Waals surface area contributed by atoms with Gasteiger partial charge in [0.15, 0.2) is 11.5 Å². The van der Waals surface area contributed by atoms with Crippen LogP contribution in [0.1, 0.15) is 53.4 Å². The lowest BCUT2D eigenvalue weighted by Crippen LogP contribution is -2.23. The van der Waals surface area contributed by atoms with Crippen molar-refractivity contribution in [3.05, 3.63) is 11.3 Å². The molecule has 0 unspecified atom stereocenters. The van der Waals surface area contributed by atoms with Gasteiger partial charge in [0.2, 0.25) is 0 Å². The van der Waals surface area contributed by atoms with Crippen molar-refractivity contribution >= 4 is 5.78 Å². The number of carbonyl (C=O) groups excluding carboxylic acids is 1. The highest BCUT2D eigenvalue weighted by Crippen LogP contribution is 2.42. The second kappa shape index (κ2) is 4.82. The van der Waals surface area contributed by atoms with Crippen molar-refractivity contribution in [2.45, 2.75) is 53.4 Å². The van der Waals surface area contributed by atoms with Gasteiger partial charge in [0.1, 0.15) is 0 Å². The van der Waals surface area contributed by atoms with E-state index in [1.807, 2.05) is 6.92 Å². The van der Waals surface area contributed by atoms with E-state index in [-0.39, 0.29) is 11.2 Å². The van der Waals surface area contributed by atoms with E-state index in [1.165, 1.54) is 18.4 Å². The third-order valence-corrected chi connectivity index (χ3v) is 3.18. The first kappa shape index (κ1) is 12.3. The molecule has 0 aromatic rings. The number of ketones is 1. The molecule has 0 saturated heterocycles. The Morgan fingerprint density at radius 3 is 2.53 bits per heavy atom. The second-order valence-electron chi connectivity index (χ2n) is 4.89. The number of hydrogen-bond acceptors (Lipinski definition) is 2. The summed E-state index contributed by atoms with van der Waals surface area (Å²) in [5.41, 5.74) is 1.36. The largest absolute Gasteiger partial charge is 0.490 e. The van der Waals surface area contributed by atoms with E-state index in [0.717, 1.165) is 12.8 Å². The Morgan fingerprint density at radius 1 is 1.40 bits per heavy atom. The first-order valence-electron chi connectivity index (χ1n) is 5.86. The Bertz CT molecular complexity index is 274. The Hall–Kier alpha value is -0.790. The van der Waals surface area contributed by atoms with Gasteiger partial charge < -0.3 is 4.74 Å². The number of ether oxygens (including phenoxy) is 1. The van der Waals surface area contributed by atoms with Gasteiger partial charge in [0.05, 0.1) is 6.61 Å². The smallest absolute Gasteiger partial charge is 0.194 e. The minimum atomic E-state index is 0.0711. The first-order chi connectivity index (χ1) is 6.99. The number of Topliss-reactive ketones (excluding diaryl/α,β-unsaturated/α-hetero) is 1. The van der Waals surface area contributed by atoms with Crippen LogP contribution < -0.4 is 0 Å². The van der Waals surface area contributed by atoms with Gasteiger partial charge in [-0.25, -0.2) is 0 Å².